The Labute approximate surface area is 104 Å². The minimum atomic E-state index is -3.84. The molecule has 0 aliphatic carbocycles. The molecule has 0 spiro atoms. The van der Waals surface area contributed by atoms with Crippen molar-refractivity contribution in [1.29, 1.82) is 0 Å². The largest absolute Gasteiger partial charge is 0.481 e. The van der Waals surface area contributed by atoms with Gasteiger partial charge in [-0.15, -0.1) is 0 Å². The highest BCUT2D eigenvalue weighted by molar-refractivity contribution is 7.89. The number of hydrogen-bond donors (Lipinski definition) is 2. The zero-order valence-corrected chi connectivity index (χ0v) is 10.5. The number of pyridine rings is 1. The Morgan fingerprint density at radius 3 is 2.82 bits per heavy atom. The zero-order chi connectivity index (χ0) is 13.1. The average molecular weight is 279 g/mol. The first-order chi connectivity index (χ1) is 7.83. The molecule has 0 radical (unpaired) electrons. The van der Waals surface area contributed by atoms with Gasteiger partial charge in [0, 0.05) is 12.2 Å². The molecule has 1 rings (SSSR count). The third kappa shape index (κ3) is 3.95. The van der Waals surface area contributed by atoms with Crippen LogP contribution in [0.4, 0.5) is 0 Å². The van der Waals surface area contributed by atoms with Gasteiger partial charge in [0.15, 0.2) is 0 Å². The first-order valence-electron chi connectivity index (χ1n) is 4.67. The molecule has 0 aliphatic rings. The lowest BCUT2D eigenvalue weighted by Crippen LogP contribution is -2.34. The molecule has 0 unspecified atom stereocenters. The minimum absolute atomic E-state index is 0.150. The van der Waals surface area contributed by atoms with Crippen LogP contribution in [0.25, 0.3) is 0 Å². The van der Waals surface area contributed by atoms with Crippen molar-refractivity contribution in [2.24, 2.45) is 0 Å². The molecule has 94 valence electrons. The van der Waals surface area contributed by atoms with E-state index in [-0.39, 0.29) is 16.5 Å². The Morgan fingerprint density at radius 1 is 1.65 bits per heavy atom. The molecule has 1 atom stereocenters. The zero-order valence-electron chi connectivity index (χ0n) is 8.92. The molecule has 8 heteroatoms. The molecule has 0 saturated carbocycles. The lowest BCUT2D eigenvalue weighted by Gasteiger charge is -2.12. The van der Waals surface area contributed by atoms with E-state index >= 15 is 0 Å². The van der Waals surface area contributed by atoms with Crippen molar-refractivity contribution in [3.63, 3.8) is 0 Å². The number of hydrogen-bond acceptors (Lipinski definition) is 4. The van der Waals surface area contributed by atoms with Gasteiger partial charge < -0.3 is 5.11 Å². The molecule has 2 N–H and O–H groups in total. The fourth-order valence-corrected chi connectivity index (χ4v) is 2.90. The molecule has 1 heterocycles. The van der Waals surface area contributed by atoms with Crippen LogP contribution in [0.15, 0.2) is 23.2 Å². The second-order valence-corrected chi connectivity index (χ2v) is 5.45. The van der Waals surface area contributed by atoms with Gasteiger partial charge in [-0.3, -0.25) is 4.79 Å². The third-order valence-electron chi connectivity index (χ3n) is 1.85. The number of rotatable bonds is 5. The van der Waals surface area contributed by atoms with Crippen LogP contribution in [-0.2, 0) is 14.8 Å². The van der Waals surface area contributed by atoms with E-state index in [4.69, 9.17) is 16.7 Å². The summed E-state index contributed by atoms with van der Waals surface area (Å²) in [5.74, 6) is -1.09. The summed E-state index contributed by atoms with van der Waals surface area (Å²) in [6.45, 7) is 1.45. The first kappa shape index (κ1) is 13.9. The van der Waals surface area contributed by atoms with Crippen LogP contribution in [0.3, 0.4) is 0 Å². The summed E-state index contributed by atoms with van der Waals surface area (Å²) in [6, 6.07) is 2.00. The van der Waals surface area contributed by atoms with Gasteiger partial charge in [-0.25, -0.2) is 18.1 Å². The van der Waals surface area contributed by atoms with Gasteiger partial charge in [-0.05, 0) is 19.1 Å². The summed E-state index contributed by atoms with van der Waals surface area (Å²) in [7, 11) is -3.84. The van der Waals surface area contributed by atoms with E-state index in [1.807, 2.05) is 0 Å². The summed E-state index contributed by atoms with van der Waals surface area (Å²) >= 11 is 5.65. The van der Waals surface area contributed by atoms with E-state index in [1.165, 1.54) is 25.3 Å². The molecule has 0 saturated heterocycles. The summed E-state index contributed by atoms with van der Waals surface area (Å²) < 4.78 is 25.8. The molecule has 17 heavy (non-hydrogen) atoms. The first-order valence-corrected chi connectivity index (χ1v) is 6.53. The summed E-state index contributed by atoms with van der Waals surface area (Å²) in [5, 5.41) is 8.38. The fraction of sp³-hybridized carbons (Fsp3) is 0.333. The maximum atomic E-state index is 11.8. The van der Waals surface area contributed by atoms with Crippen molar-refractivity contribution < 1.29 is 18.3 Å². The van der Waals surface area contributed by atoms with Crippen LogP contribution in [0.2, 0.25) is 5.15 Å². The van der Waals surface area contributed by atoms with Crippen molar-refractivity contribution in [2.75, 3.05) is 0 Å². The molecule has 1 aromatic rings. The quantitative estimate of drug-likeness (QED) is 0.779. The number of aromatic nitrogens is 1. The normalized spacial score (nSPS) is 13.3. The van der Waals surface area contributed by atoms with Crippen LogP contribution in [0.1, 0.15) is 13.3 Å². The van der Waals surface area contributed by atoms with E-state index in [2.05, 4.69) is 9.71 Å². The average Bonchev–Trinajstić information content (AvgIpc) is 2.15. The predicted molar refractivity (Wildman–Crippen MR) is 61.3 cm³/mol. The number of halogens is 1. The summed E-state index contributed by atoms with van der Waals surface area (Å²) in [5.41, 5.74) is 0. The molecule has 0 fully saturated rings. The number of nitrogens with zero attached hydrogens (tertiary/aromatic N) is 1. The standard InChI is InChI=1S/C9H11ClN2O4S/c1-6(5-8(13)14)12-17(15,16)7-3-2-4-11-9(7)10/h2-4,6,12H,5H2,1H3,(H,13,14)/t6-/m0/s1. The molecular weight excluding hydrogens is 268 g/mol. The van der Waals surface area contributed by atoms with E-state index in [0.717, 1.165) is 0 Å². The van der Waals surface area contributed by atoms with Crippen molar-refractivity contribution in [3.05, 3.63) is 23.5 Å². The number of carboxylic acids is 1. The van der Waals surface area contributed by atoms with Crippen molar-refractivity contribution in [2.45, 2.75) is 24.3 Å². The van der Waals surface area contributed by atoms with Gasteiger partial charge >= 0.3 is 5.97 Å². The van der Waals surface area contributed by atoms with E-state index in [0.29, 0.717) is 0 Å². The Morgan fingerprint density at radius 2 is 2.29 bits per heavy atom. The molecule has 0 aliphatic heterocycles. The second-order valence-electron chi connectivity index (χ2n) is 3.41. The third-order valence-corrected chi connectivity index (χ3v) is 3.89. The number of aliphatic carboxylic acids is 1. The molecule has 6 nitrogen and oxygen atoms in total. The molecule has 0 bridgehead atoms. The van der Waals surface area contributed by atoms with Gasteiger partial charge in [0.1, 0.15) is 10.0 Å². The minimum Gasteiger partial charge on any atom is -0.481 e. The predicted octanol–water partition coefficient (Wildman–Crippen LogP) is 0.877. The fourth-order valence-electron chi connectivity index (χ4n) is 1.20. The maximum absolute atomic E-state index is 11.8. The Bertz CT molecular complexity index is 517. The van der Waals surface area contributed by atoms with Gasteiger partial charge in [0.25, 0.3) is 0 Å². The lowest BCUT2D eigenvalue weighted by molar-refractivity contribution is -0.137. The summed E-state index contributed by atoms with van der Waals surface area (Å²) in [4.78, 5) is 13.9. The number of sulfonamides is 1. The molecule has 1 aromatic heterocycles. The Hall–Kier alpha value is -1.18. The highest BCUT2D eigenvalue weighted by Crippen LogP contribution is 2.17. The highest BCUT2D eigenvalue weighted by Gasteiger charge is 2.21. The van der Waals surface area contributed by atoms with Crippen LogP contribution in [-0.4, -0.2) is 30.5 Å². The van der Waals surface area contributed by atoms with Crippen LogP contribution < -0.4 is 4.72 Å². The highest BCUT2D eigenvalue weighted by atomic mass is 35.5. The number of nitrogens with one attached hydrogen (secondary N) is 1. The SMILES string of the molecule is C[C@@H](CC(=O)O)NS(=O)(=O)c1cccnc1Cl. The van der Waals surface area contributed by atoms with Gasteiger partial charge in [-0.2, -0.15) is 0 Å². The monoisotopic (exact) mass is 278 g/mol. The van der Waals surface area contributed by atoms with Gasteiger partial charge in [0.05, 0.1) is 6.42 Å². The van der Waals surface area contributed by atoms with E-state index in [1.54, 1.807) is 0 Å². The van der Waals surface area contributed by atoms with Gasteiger partial charge in [0.2, 0.25) is 10.0 Å². The van der Waals surface area contributed by atoms with Crippen LogP contribution in [0, 0.1) is 0 Å². The van der Waals surface area contributed by atoms with Crippen LogP contribution in [0.5, 0.6) is 0 Å². The Kier molecular flexibility index (Phi) is 4.44. The molecule has 0 aromatic carbocycles. The van der Waals surface area contributed by atoms with Crippen molar-refractivity contribution in [1.82, 2.24) is 9.71 Å². The maximum Gasteiger partial charge on any atom is 0.304 e. The number of carbonyl (C=O) groups is 1. The topological polar surface area (TPSA) is 96.4 Å². The summed E-state index contributed by atoms with van der Waals surface area (Å²) in [6.07, 6.45) is 1.05. The smallest absolute Gasteiger partial charge is 0.304 e. The van der Waals surface area contributed by atoms with Crippen LogP contribution >= 0.6 is 11.6 Å². The molecule has 0 amide bonds. The Balaban J connectivity index is 2.90. The second kappa shape index (κ2) is 5.44. The molecular formula is C9H11ClN2O4S. The lowest BCUT2D eigenvalue weighted by atomic mass is 10.3. The van der Waals surface area contributed by atoms with E-state index in [9.17, 15) is 13.2 Å². The van der Waals surface area contributed by atoms with E-state index < -0.39 is 22.0 Å². The van der Waals surface area contributed by atoms with Gasteiger partial charge in [-0.1, -0.05) is 11.6 Å². The number of carboxylic acid groups (broad SMARTS) is 1. The van der Waals surface area contributed by atoms with Crippen molar-refractivity contribution >= 4 is 27.6 Å². The van der Waals surface area contributed by atoms with Crippen molar-refractivity contribution in [3.8, 4) is 0 Å².